The van der Waals surface area contributed by atoms with Crippen LogP contribution in [0.5, 0.6) is 11.5 Å². The Labute approximate surface area is 136 Å². The van der Waals surface area contributed by atoms with Crippen LogP contribution < -0.4 is 15.1 Å². The fourth-order valence-corrected chi connectivity index (χ4v) is 2.09. The summed E-state index contributed by atoms with van der Waals surface area (Å²) in [5.74, 6) is -0.518. The number of ether oxygens (including phenoxy) is 2. The highest BCUT2D eigenvalue weighted by Gasteiger charge is 2.23. The average Bonchev–Trinajstić information content (AvgIpc) is 2.52. The Morgan fingerprint density at radius 1 is 1.29 bits per heavy atom. The summed E-state index contributed by atoms with van der Waals surface area (Å²) in [5, 5.41) is 0. The Balaban J connectivity index is 2.41. The molecule has 0 bridgehead atoms. The molecule has 24 heavy (non-hydrogen) atoms. The van der Waals surface area contributed by atoms with Crippen LogP contribution in [0.1, 0.15) is 21.7 Å². The molecule has 2 aromatic rings. The Kier molecular flexibility index (Phi) is 5.13. The molecule has 0 fully saturated rings. The molecule has 0 spiro atoms. The first-order valence-electron chi connectivity index (χ1n) is 6.81. The maximum atomic E-state index is 12.6. The molecule has 0 atom stereocenters. The van der Waals surface area contributed by atoms with E-state index < -0.39 is 18.0 Å². The van der Waals surface area contributed by atoms with Crippen molar-refractivity contribution in [2.75, 3.05) is 7.11 Å². The molecule has 5 nitrogen and oxygen atoms in total. The monoisotopic (exact) mass is 336 g/mol. The molecule has 0 radical (unpaired) electrons. The second-order valence-electron chi connectivity index (χ2n) is 4.80. The summed E-state index contributed by atoms with van der Waals surface area (Å²) >= 11 is 0. The Morgan fingerprint density at radius 3 is 2.62 bits per heavy atom. The Morgan fingerprint density at radius 2 is 2.00 bits per heavy atom. The van der Waals surface area contributed by atoms with E-state index in [0.29, 0.717) is 0 Å². The van der Waals surface area contributed by atoms with E-state index in [1.807, 2.05) is 0 Å². The summed E-state index contributed by atoms with van der Waals surface area (Å²) in [6.45, 7) is 2.18. The third kappa shape index (κ3) is 3.68. The molecule has 1 aromatic carbocycles. The van der Waals surface area contributed by atoms with Crippen LogP contribution >= 0.6 is 0 Å². The van der Waals surface area contributed by atoms with E-state index in [2.05, 4.69) is 11.3 Å². The van der Waals surface area contributed by atoms with Crippen molar-refractivity contribution in [1.82, 2.24) is 0 Å². The highest BCUT2D eigenvalue weighted by Crippen LogP contribution is 2.26. The summed E-state index contributed by atoms with van der Waals surface area (Å²) in [7, 11) is 1.31. The second-order valence-corrected chi connectivity index (χ2v) is 4.80. The maximum Gasteiger partial charge on any atom is 0.387 e. The molecule has 126 valence electrons. The first-order chi connectivity index (χ1) is 11.3. The van der Waals surface area contributed by atoms with Gasteiger partial charge in [-0.25, -0.2) is 4.79 Å². The molecule has 0 amide bonds. The third-order valence-corrected chi connectivity index (χ3v) is 3.17. The largest absolute Gasteiger partial charge is 0.496 e. The number of carbonyl (C=O) groups is 1. The number of hydrogen-bond donors (Lipinski definition) is 0. The van der Waals surface area contributed by atoms with Gasteiger partial charge in [0.2, 0.25) is 5.78 Å². The molecule has 0 N–H and O–H groups in total. The molecule has 0 saturated carbocycles. The van der Waals surface area contributed by atoms with E-state index >= 15 is 0 Å². The lowest BCUT2D eigenvalue weighted by molar-refractivity contribution is -0.0498. The summed E-state index contributed by atoms with van der Waals surface area (Å²) < 4.78 is 38.8. The van der Waals surface area contributed by atoms with E-state index in [1.165, 1.54) is 44.4 Å². The molecule has 0 aliphatic carbocycles. The van der Waals surface area contributed by atoms with Crippen LogP contribution in [0.25, 0.3) is 5.57 Å². The number of alkyl halides is 2. The van der Waals surface area contributed by atoms with Gasteiger partial charge in [-0.3, -0.25) is 4.79 Å². The molecule has 0 aliphatic heterocycles. The van der Waals surface area contributed by atoms with Crippen LogP contribution in [-0.2, 0) is 0 Å². The topological polar surface area (TPSA) is 65.7 Å². The van der Waals surface area contributed by atoms with Crippen LogP contribution in [0.2, 0.25) is 0 Å². The minimum atomic E-state index is -2.99. The Bertz CT molecular complexity index is 839. The van der Waals surface area contributed by atoms with Crippen molar-refractivity contribution in [3.63, 3.8) is 0 Å². The number of benzene rings is 1. The number of halogens is 2. The van der Waals surface area contributed by atoms with Gasteiger partial charge in [0.25, 0.3) is 0 Å². The number of ketones is 1. The quantitative estimate of drug-likeness (QED) is 0.597. The number of hydrogen-bond acceptors (Lipinski definition) is 5. The van der Waals surface area contributed by atoms with E-state index in [-0.39, 0.29) is 34.0 Å². The van der Waals surface area contributed by atoms with Gasteiger partial charge in [0, 0.05) is 11.6 Å². The van der Waals surface area contributed by atoms with Gasteiger partial charge in [0.15, 0.2) is 0 Å². The fraction of sp³-hybridized carbons (Fsp3) is 0.176. The zero-order valence-electron chi connectivity index (χ0n) is 13.0. The normalized spacial score (nSPS) is 10.5. The standard InChI is InChI=1S/C17H14F2O5/c1-9-7-13(22-3)14(16(21)23-9)15(20)10(2)11-5-4-6-12(8-11)24-17(18)19/h4-8,17H,2H2,1,3H3. The minimum absolute atomic E-state index is 0.0508. The van der Waals surface area contributed by atoms with Gasteiger partial charge in [-0.05, 0) is 24.6 Å². The van der Waals surface area contributed by atoms with Gasteiger partial charge in [-0.15, -0.1) is 0 Å². The van der Waals surface area contributed by atoms with Crippen LogP contribution in [0.15, 0.2) is 46.1 Å². The number of Topliss-reactive ketones (excluding diaryl/α,β-unsaturated/α-hetero) is 1. The fourth-order valence-electron chi connectivity index (χ4n) is 2.09. The first kappa shape index (κ1) is 17.4. The molecule has 1 heterocycles. The van der Waals surface area contributed by atoms with Crippen molar-refractivity contribution in [3.05, 3.63) is 64.2 Å². The number of carbonyl (C=O) groups excluding carboxylic acids is 1. The summed E-state index contributed by atoms with van der Waals surface area (Å²) in [4.78, 5) is 24.5. The SMILES string of the molecule is C=C(C(=O)c1c(OC)cc(C)oc1=O)c1cccc(OC(F)F)c1. The van der Waals surface area contributed by atoms with Crippen molar-refractivity contribution in [3.8, 4) is 11.5 Å². The zero-order chi connectivity index (χ0) is 17.9. The third-order valence-electron chi connectivity index (χ3n) is 3.17. The molecule has 0 unspecified atom stereocenters. The lowest BCUT2D eigenvalue weighted by atomic mass is 9.98. The smallest absolute Gasteiger partial charge is 0.387 e. The van der Waals surface area contributed by atoms with Gasteiger partial charge in [0.05, 0.1) is 7.11 Å². The molecule has 0 saturated heterocycles. The zero-order valence-corrected chi connectivity index (χ0v) is 13.0. The molecular weight excluding hydrogens is 322 g/mol. The number of methoxy groups -OCH3 is 1. The lowest BCUT2D eigenvalue weighted by Gasteiger charge is -2.10. The second kappa shape index (κ2) is 7.08. The van der Waals surface area contributed by atoms with E-state index in [0.717, 1.165) is 0 Å². The molecule has 0 aliphatic rings. The van der Waals surface area contributed by atoms with Crippen molar-refractivity contribution >= 4 is 11.4 Å². The highest BCUT2D eigenvalue weighted by molar-refractivity contribution is 6.29. The van der Waals surface area contributed by atoms with E-state index in [1.54, 1.807) is 0 Å². The highest BCUT2D eigenvalue weighted by atomic mass is 19.3. The predicted octanol–water partition coefficient (Wildman–Crippen LogP) is 3.45. The first-order valence-corrected chi connectivity index (χ1v) is 6.81. The summed E-state index contributed by atoms with van der Waals surface area (Å²) in [6, 6.07) is 6.86. The van der Waals surface area contributed by atoms with Gasteiger partial charge in [-0.1, -0.05) is 18.7 Å². The van der Waals surface area contributed by atoms with Gasteiger partial charge in [0.1, 0.15) is 22.8 Å². The summed E-state index contributed by atoms with van der Waals surface area (Å²) in [6.07, 6.45) is 0. The van der Waals surface area contributed by atoms with Crippen molar-refractivity contribution < 1.29 is 27.5 Å². The van der Waals surface area contributed by atoms with Crippen LogP contribution in [0.3, 0.4) is 0 Å². The lowest BCUT2D eigenvalue weighted by Crippen LogP contribution is -2.17. The van der Waals surface area contributed by atoms with Gasteiger partial charge < -0.3 is 13.9 Å². The maximum absolute atomic E-state index is 12.6. The van der Waals surface area contributed by atoms with Gasteiger partial charge >= 0.3 is 12.2 Å². The molecular formula is C17H14F2O5. The van der Waals surface area contributed by atoms with Crippen molar-refractivity contribution in [2.24, 2.45) is 0 Å². The van der Waals surface area contributed by atoms with Crippen LogP contribution in [0, 0.1) is 6.92 Å². The van der Waals surface area contributed by atoms with E-state index in [9.17, 15) is 18.4 Å². The van der Waals surface area contributed by atoms with E-state index in [4.69, 9.17) is 9.15 Å². The summed E-state index contributed by atoms with van der Waals surface area (Å²) in [5.41, 5.74) is -1.02. The number of aryl methyl sites for hydroxylation is 1. The minimum Gasteiger partial charge on any atom is -0.496 e. The van der Waals surface area contributed by atoms with Gasteiger partial charge in [-0.2, -0.15) is 8.78 Å². The molecule has 7 heteroatoms. The average molecular weight is 336 g/mol. The van der Waals surface area contributed by atoms with Crippen LogP contribution in [-0.4, -0.2) is 19.5 Å². The number of rotatable bonds is 6. The Hall–Kier alpha value is -2.96. The van der Waals surface area contributed by atoms with Crippen molar-refractivity contribution in [1.29, 1.82) is 0 Å². The number of allylic oxidation sites excluding steroid dienone is 1. The molecule has 1 aromatic heterocycles. The van der Waals surface area contributed by atoms with Crippen LogP contribution in [0.4, 0.5) is 8.78 Å². The molecule has 2 rings (SSSR count). The predicted molar refractivity (Wildman–Crippen MR) is 82.7 cm³/mol. The van der Waals surface area contributed by atoms with Crippen molar-refractivity contribution in [2.45, 2.75) is 13.5 Å².